The molecule has 1 aliphatic carbocycles. The summed E-state index contributed by atoms with van der Waals surface area (Å²) in [4.78, 5) is 15.5. The van der Waals surface area contributed by atoms with Gasteiger partial charge in [0.25, 0.3) is 0 Å². The van der Waals surface area contributed by atoms with E-state index >= 15 is 0 Å². The minimum Gasteiger partial charge on any atom is -0.476 e. The van der Waals surface area contributed by atoms with E-state index in [1.807, 2.05) is 0 Å². The summed E-state index contributed by atoms with van der Waals surface area (Å²) in [7, 11) is 0. The molecule has 1 fully saturated rings. The van der Waals surface area contributed by atoms with Gasteiger partial charge in [-0.3, -0.25) is 0 Å². The highest BCUT2D eigenvalue weighted by Crippen LogP contribution is 2.41. The van der Waals surface area contributed by atoms with Gasteiger partial charge in [0, 0.05) is 11.8 Å². The number of fused-ring (bicyclic) bond motifs is 1. The molecule has 6 nitrogen and oxygen atoms in total. The van der Waals surface area contributed by atoms with Gasteiger partial charge < -0.3 is 5.11 Å². The number of hydrogen-bond acceptors (Lipinski definition) is 4. The van der Waals surface area contributed by atoms with E-state index in [9.17, 15) is 9.90 Å². The summed E-state index contributed by atoms with van der Waals surface area (Å²) < 4.78 is 1.32. The van der Waals surface area contributed by atoms with E-state index in [2.05, 4.69) is 15.3 Å². The highest BCUT2D eigenvalue weighted by atomic mass is 16.4. The Bertz CT molecular complexity index is 586. The fourth-order valence-electron chi connectivity index (χ4n) is 1.87. The molecule has 2 aromatic heterocycles. The van der Waals surface area contributed by atoms with Crippen LogP contribution in [-0.2, 0) is 0 Å². The van der Waals surface area contributed by atoms with E-state index < -0.39 is 5.97 Å². The first-order valence-corrected chi connectivity index (χ1v) is 5.12. The van der Waals surface area contributed by atoms with E-state index in [1.165, 1.54) is 4.52 Å². The molecule has 0 aromatic carbocycles. The molecular formula is C10H10N4O2. The van der Waals surface area contributed by atoms with Crippen LogP contribution in [0, 0.1) is 6.92 Å². The van der Waals surface area contributed by atoms with Crippen molar-refractivity contribution in [2.45, 2.75) is 25.7 Å². The van der Waals surface area contributed by atoms with Crippen molar-refractivity contribution in [3.05, 3.63) is 23.1 Å². The molecule has 1 N–H and O–H groups in total. The Balaban J connectivity index is 2.35. The van der Waals surface area contributed by atoms with Gasteiger partial charge in [0.15, 0.2) is 11.3 Å². The Morgan fingerprint density at radius 3 is 2.94 bits per heavy atom. The smallest absolute Gasteiger partial charge is 0.355 e. The van der Waals surface area contributed by atoms with Gasteiger partial charge in [-0.15, -0.1) is 5.10 Å². The third-order valence-corrected chi connectivity index (χ3v) is 2.84. The van der Waals surface area contributed by atoms with E-state index in [-0.39, 0.29) is 5.69 Å². The number of hydrogen-bond donors (Lipinski definition) is 1. The molecule has 0 bridgehead atoms. The maximum Gasteiger partial charge on any atom is 0.355 e. The van der Waals surface area contributed by atoms with Gasteiger partial charge in [-0.25, -0.2) is 9.78 Å². The SMILES string of the molecule is Cc1nnn2c(C(=O)O)c(C3CC3)cnc12. The van der Waals surface area contributed by atoms with Crippen molar-refractivity contribution in [1.82, 2.24) is 19.8 Å². The summed E-state index contributed by atoms with van der Waals surface area (Å²) in [5, 5.41) is 16.9. The molecule has 6 heteroatoms. The van der Waals surface area contributed by atoms with Crippen molar-refractivity contribution >= 4 is 11.6 Å². The van der Waals surface area contributed by atoms with Crippen LogP contribution in [0.5, 0.6) is 0 Å². The molecule has 2 heterocycles. The third kappa shape index (κ3) is 1.19. The number of aromatic carboxylic acids is 1. The monoisotopic (exact) mass is 218 g/mol. The summed E-state index contributed by atoms with van der Waals surface area (Å²) in [5.74, 6) is -0.647. The summed E-state index contributed by atoms with van der Waals surface area (Å²) in [5.41, 5.74) is 2.13. The fraction of sp³-hybridized carbons (Fsp3) is 0.400. The molecule has 1 aliphatic rings. The van der Waals surface area contributed by atoms with Crippen molar-refractivity contribution in [3.8, 4) is 0 Å². The van der Waals surface area contributed by atoms with E-state index in [0.29, 0.717) is 17.3 Å². The van der Waals surface area contributed by atoms with E-state index in [4.69, 9.17) is 0 Å². The normalized spacial score (nSPS) is 15.6. The van der Waals surface area contributed by atoms with Gasteiger partial charge in [0.05, 0.1) is 0 Å². The number of carboxylic acid groups (broad SMARTS) is 1. The molecule has 0 amide bonds. The molecular weight excluding hydrogens is 208 g/mol. The lowest BCUT2D eigenvalue weighted by molar-refractivity contribution is 0.0685. The first-order valence-electron chi connectivity index (χ1n) is 5.12. The topological polar surface area (TPSA) is 80.4 Å². The van der Waals surface area contributed by atoms with Crippen LogP contribution in [-0.4, -0.2) is 30.9 Å². The molecule has 82 valence electrons. The minimum atomic E-state index is -0.973. The van der Waals surface area contributed by atoms with Crippen molar-refractivity contribution in [2.75, 3.05) is 0 Å². The number of carbonyl (C=O) groups is 1. The molecule has 2 aromatic rings. The van der Waals surface area contributed by atoms with Gasteiger partial charge in [0.2, 0.25) is 0 Å². The molecule has 0 saturated heterocycles. The first kappa shape index (κ1) is 9.26. The molecule has 16 heavy (non-hydrogen) atoms. The Hall–Kier alpha value is -1.98. The zero-order chi connectivity index (χ0) is 11.3. The van der Waals surface area contributed by atoms with Crippen LogP contribution in [0.15, 0.2) is 6.20 Å². The van der Waals surface area contributed by atoms with Crippen molar-refractivity contribution in [3.63, 3.8) is 0 Å². The van der Waals surface area contributed by atoms with E-state index in [0.717, 1.165) is 18.4 Å². The first-order chi connectivity index (χ1) is 7.68. The van der Waals surface area contributed by atoms with Gasteiger partial charge in [0.1, 0.15) is 5.69 Å². The van der Waals surface area contributed by atoms with Crippen LogP contribution in [0.2, 0.25) is 0 Å². The van der Waals surface area contributed by atoms with Crippen molar-refractivity contribution in [1.29, 1.82) is 0 Å². The van der Waals surface area contributed by atoms with Gasteiger partial charge in [-0.2, -0.15) is 4.52 Å². The molecule has 0 atom stereocenters. The van der Waals surface area contributed by atoms with Crippen LogP contribution >= 0.6 is 0 Å². The zero-order valence-electron chi connectivity index (χ0n) is 8.71. The molecule has 1 saturated carbocycles. The average Bonchev–Trinajstić information content (AvgIpc) is 3.03. The number of aromatic nitrogens is 4. The van der Waals surface area contributed by atoms with Crippen LogP contribution in [0.3, 0.4) is 0 Å². The molecule has 0 radical (unpaired) electrons. The largest absolute Gasteiger partial charge is 0.476 e. The predicted octanol–water partition coefficient (Wildman–Crippen LogP) is 1.01. The lowest BCUT2D eigenvalue weighted by Crippen LogP contribution is -2.11. The van der Waals surface area contributed by atoms with Gasteiger partial charge in [-0.1, -0.05) is 5.21 Å². The molecule has 3 rings (SSSR count). The summed E-state index contributed by atoms with van der Waals surface area (Å²) in [6.45, 7) is 1.76. The fourth-order valence-corrected chi connectivity index (χ4v) is 1.87. The lowest BCUT2D eigenvalue weighted by atomic mass is 10.1. The molecule has 0 unspecified atom stereocenters. The zero-order valence-corrected chi connectivity index (χ0v) is 8.71. The maximum atomic E-state index is 11.3. The van der Waals surface area contributed by atoms with E-state index in [1.54, 1.807) is 13.1 Å². The summed E-state index contributed by atoms with van der Waals surface area (Å²) in [6.07, 6.45) is 3.70. The molecule has 0 aliphatic heterocycles. The highest BCUT2D eigenvalue weighted by molar-refractivity contribution is 5.88. The standard InChI is InChI=1S/C10H10N4O2/c1-5-9-11-4-7(6-2-3-6)8(10(15)16)14(9)13-12-5/h4,6H,2-3H2,1H3,(H,15,16). The van der Waals surface area contributed by atoms with Crippen molar-refractivity contribution in [2.24, 2.45) is 0 Å². The van der Waals surface area contributed by atoms with Gasteiger partial charge >= 0.3 is 5.97 Å². The Morgan fingerprint density at radius 2 is 2.31 bits per heavy atom. The molecule has 0 spiro atoms. The second-order valence-corrected chi connectivity index (χ2v) is 4.05. The lowest BCUT2D eigenvalue weighted by Gasteiger charge is -2.05. The predicted molar refractivity (Wildman–Crippen MR) is 54.5 cm³/mol. The Kier molecular flexibility index (Phi) is 1.74. The highest BCUT2D eigenvalue weighted by Gasteiger charge is 2.31. The number of nitrogens with zero attached hydrogens (tertiary/aromatic N) is 4. The average molecular weight is 218 g/mol. The second kappa shape index (κ2) is 3.01. The number of rotatable bonds is 2. The Labute approximate surface area is 90.9 Å². The van der Waals surface area contributed by atoms with Gasteiger partial charge in [-0.05, 0) is 25.7 Å². The quantitative estimate of drug-likeness (QED) is 0.813. The second-order valence-electron chi connectivity index (χ2n) is 4.05. The van der Waals surface area contributed by atoms with Crippen LogP contribution in [0.25, 0.3) is 5.65 Å². The van der Waals surface area contributed by atoms with Crippen LogP contribution in [0.4, 0.5) is 0 Å². The van der Waals surface area contributed by atoms with Crippen LogP contribution in [0.1, 0.15) is 40.5 Å². The third-order valence-electron chi connectivity index (χ3n) is 2.84. The van der Waals surface area contributed by atoms with Crippen molar-refractivity contribution < 1.29 is 9.90 Å². The summed E-state index contributed by atoms with van der Waals surface area (Å²) in [6, 6.07) is 0. The number of carboxylic acids is 1. The summed E-state index contributed by atoms with van der Waals surface area (Å²) >= 11 is 0. The maximum absolute atomic E-state index is 11.3. The Morgan fingerprint density at radius 1 is 1.56 bits per heavy atom. The minimum absolute atomic E-state index is 0.202. The van der Waals surface area contributed by atoms with Crippen LogP contribution < -0.4 is 0 Å². The number of aryl methyl sites for hydroxylation is 1.